The lowest BCUT2D eigenvalue weighted by Gasteiger charge is -2.30. The Kier molecular flexibility index (Phi) is 14.0. The second-order valence-corrected chi connectivity index (χ2v) is 11.4. The number of carbonyl (C=O) groups excluding carboxylic acids is 2. The molecule has 220 valence electrons. The topological polar surface area (TPSA) is 71.1 Å². The summed E-state index contributed by atoms with van der Waals surface area (Å²) >= 11 is 1.72. The van der Waals surface area contributed by atoms with Gasteiger partial charge in [0, 0.05) is 38.3 Å². The molecule has 8 heteroatoms. The van der Waals surface area contributed by atoms with Crippen molar-refractivity contribution in [2.24, 2.45) is 0 Å². The van der Waals surface area contributed by atoms with Crippen molar-refractivity contribution in [1.29, 1.82) is 0 Å². The normalized spacial score (nSPS) is 14.7. The number of carbonyl (C=O) groups is 2. The van der Waals surface area contributed by atoms with E-state index in [1.807, 2.05) is 24.5 Å². The molecule has 2 aromatic carbocycles. The molecular weight excluding hydrogens is 522 g/mol. The number of unbranched alkanes of at least 4 members (excludes halogenated alkanes) is 1. The van der Waals surface area contributed by atoms with Crippen molar-refractivity contribution < 1.29 is 19.1 Å². The molecule has 1 N–H and O–H groups in total. The zero-order valence-corrected chi connectivity index (χ0v) is 25.6. The summed E-state index contributed by atoms with van der Waals surface area (Å²) in [5, 5.41) is 2.97. The van der Waals surface area contributed by atoms with Crippen LogP contribution >= 0.6 is 11.8 Å². The van der Waals surface area contributed by atoms with Crippen LogP contribution in [-0.2, 0) is 20.8 Å². The van der Waals surface area contributed by atoms with Crippen LogP contribution in [-0.4, -0.2) is 92.8 Å². The largest absolute Gasteiger partial charge is 0.467 e. The quantitative estimate of drug-likeness (QED) is 0.225. The summed E-state index contributed by atoms with van der Waals surface area (Å²) < 4.78 is 10.5. The lowest BCUT2D eigenvalue weighted by Crippen LogP contribution is -2.42. The Morgan fingerprint density at radius 2 is 1.88 bits per heavy atom. The first-order chi connectivity index (χ1) is 19.5. The number of ether oxygens (including phenoxy) is 2. The molecule has 0 aromatic heterocycles. The summed E-state index contributed by atoms with van der Waals surface area (Å²) in [5.74, 6) is 0.266. The summed E-state index contributed by atoms with van der Waals surface area (Å²) in [6.45, 7) is 11.8. The highest BCUT2D eigenvalue weighted by atomic mass is 32.2. The van der Waals surface area contributed by atoms with Crippen molar-refractivity contribution >= 4 is 23.6 Å². The predicted molar refractivity (Wildman–Crippen MR) is 165 cm³/mol. The SMILES string of the molecule is CCCCN(CCN1CCOCC1)Cc1ccc(C(=O)NC(CCCSC)C(=O)OC)c(-c2ccccc2C)c1. The number of rotatable bonds is 16. The van der Waals surface area contributed by atoms with Crippen molar-refractivity contribution in [2.45, 2.75) is 52.1 Å². The van der Waals surface area contributed by atoms with Gasteiger partial charge in [-0.2, -0.15) is 11.8 Å². The Labute approximate surface area is 245 Å². The van der Waals surface area contributed by atoms with Crippen molar-refractivity contribution in [3.05, 3.63) is 59.2 Å². The zero-order chi connectivity index (χ0) is 28.7. The summed E-state index contributed by atoms with van der Waals surface area (Å²) in [5.41, 5.74) is 4.78. The molecule has 1 fully saturated rings. The third-order valence-electron chi connectivity index (χ3n) is 7.47. The average molecular weight is 570 g/mol. The number of nitrogens with zero attached hydrogens (tertiary/aromatic N) is 2. The number of thioether (sulfide) groups is 1. The average Bonchev–Trinajstić information content (AvgIpc) is 2.98. The van der Waals surface area contributed by atoms with Gasteiger partial charge in [0.1, 0.15) is 6.04 Å². The molecule has 1 unspecified atom stereocenters. The highest BCUT2D eigenvalue weighted by Gasteiger charge is 2.24. The van der Waals surface area contributed by atoms with Gasteiger partial charge in [0.15, 0.2) is 0 Å². The van der Waals surface area contributed by atoms with E-state index in [1.165, 1.54) is 12.7 Å². The highest BCUT2D eigenvalue weighted by Crippen LogP contribution is 2.29. The fourth-order valence-electron chi connectivity index (χ4n) is 5.06. The molecule has 0 saturated carbocycles. The van der Waals surface area contributed by atoms with Gasteiger partial charge in [-0.05, 0) is 79.1 Å². The number of morpholine rings is 1. The first kappa shape index (κ1) is 32.1. The summed E-state index contributed by atoms with van der Waals surface area (Å²) in [6, 6.07) is 13.6. The van der Waals surface area contributed by atoms with Crippen LogP contribution in [0.3, 0.4) is 0 Å². The van der Waals surface area contributed by atoms with Crippen molar-refractivity contribution in [3.63, 3.8) is 0 Å². The number of nitrogens with one attached hydrogen (secondary N) is 1. The van der Waals surface area contributed by atoms with E-state index in [9.17, 15) is 9.59 Å². The van der Waals surface area contributed by atoms with E-state index >= 15 is 0 Å². The molecule has 1 saturated heterocycles. The Morgan fingerprint density at radius 3 is 2.58 bits per heavy atom. The maximum Gasteiger partial charge on any atom is 0.328 e. The lowest BCUT2D eigenvalue weighted by molar-refractivity contribution is -0.143. The molecule has 7 nitrogen and oxygen atoms in total. The van der Waals surface area contributed by atoms with Crippen LogP contribution in [0.2, 0.25) is 0 Å². The Balaban J connectivity index is 1.85. The fourth-order valence-corrected chi connectivity index (χ4v) is 5.52. The van der Waals surface area contributed by atoms with Crippen molar-refractivity contribution in [1.82, 2.24) is 15.1 Å². The number of methoxy groups -OCH3 is 1. The van der Waals surface area contributed by atoms with Gasteiger partial charge in [-0.15, -0.1) is 0 Å². The van der Waals surface area contributed by atoms with E-state index in [2.05, 4.69) is 53.2 Å². The number of hydrogen-bond donors (Lipinski definition) is 1. The Bertz CT molecular complexity index is 1070. The lowest BCUT2D eigenvalue weighted by atomic mass is 9.93. The molecule has 0 aliphatic carbocycles. The van der Waals surface area contributed by atoms with Crippen LogP contribution in [0.15, 0.2) is 42.5 Å². The second kappa shape index (κ2) is 17.4. The predicted octanol–water partition coefficient (Wildman–Crippen LogP) is 5.01. The summed E-state index contributed by atoms with van der Waals surface area (Å²) in [4.78, 5) is 31.1. The molecule has 2 aromatic rings. The minimum Gasteiger partial charge on any atom is -0.467 e. The van der Waals surface area contributed by atoms with Gasteiger partial charge in [-0.1, -0.05) is 43.7 Å². The van der Waals surface area contributed by atoms with Crippen LogP contribution in [0.5, 0.6) is 0 Å². The molecule has 3 rings (SSSR count). The van der Waals surface area contributed by atoms with E-state index in [0.29, 0.717) is 12.0 Å². The number of aryl methyl sites for hydroxylation is 1. The van der Waals surface area contributed by atoms with Crippen LogP contribution in [0.25, 0.3) is 11.1 Å². The standard InChI is InChI=1S/C32H47N3O4S/c1-5-6-15-35(17-16-34-18-20-39-21-19-34)24-26-13-14-28(29(23-26)27-11-8-7-10-25(27)2)31(36)33-30(32(37)38-3)12-9-22-40-4/h7-8,10-11,13-14,23,30H,5-6,9,12,15-22,24H2,1-4H3,(H,33,36). The first-order valence-corrected chi connectivity index (χ1v) is 15.9. The van der Waals surface area contributed by atoms with Gasteiger partial charge in [0.25, 0.3) is 5.91 Å². The smallest absolute Gasteiger partial charge is 0.328 e. The molecule has 0 spiro atoms. The van der Waals surface area contributed by atoms with Gasteiger partial charge < -0.3 is 14.8 Å². The van der Waals surface area contributed by atoms with E-state index in [4.69, 9.17) is 9.47 Å². The number of amides is 1. The van der Waals surface area contributed by atoms with Gasteiger partial charge >= 0.3 is 5.97 Å². The maximum absolute atomic E-state index is 13.6. The Morgan fingerprint density at radius 1 is 1.10 bits per heavy atom. The zero-order valence-electron chi connectivity index (χ0n) is 24.7. The van der Waals surface area contributed by atoms with Gasteiger partial charge in [0.2, 0.25) is 0 Å². The molecule has 0 radical (unpaired) electrons. The monoisotopic (exact) mass is 569 g/mol. The Hall–Kier alpha value is -2.39. The molecular formula is C32H47N3O4S. The first-order valence-electron chi connectivity index (χ1n) is 14.6. The van der Waals surface area contributed by atoms with Gasteiger partial charge in [-0.25, -0.2) is 4.79 Å². The maximum atomic E-state index is 13.6. The minimum atomic E-state index is -0.668. The third kappa shape index (κ3) is 9.91. The molecule has 1 aliphatic heterocycles. The van der Waals surface area contributed by atoms with Crippen LogP contribution in [0, 0.1) is 6.92 Å². The van der Waals surface area contributed by atoms with E-state index < -0.39 is 12.0 Å². The van der Waals surface area contributed by atoms with Crippen LogP contribution in [0.4, 0.5) is 0 Å². The molecule has 40 heavy (non-hydrogen) atoms. The number of esters is 1. The number of hydrogen-bond acceptors (Lipinski definition) is 7. The summed E-state index contributed by atoms with van der Waals surface area (Å²) in [7, 11) is 1.37. The molecule has 0 bridgehead atoms. The van der Waals surface area contributed by atoms with Crippen LogP contribution < -0.4 is 5.32 Å². The number of benzene rings is 2. The molecule has 1 amide bonds. The van der Waals surface area contributed by atoms with Crippen molar-refractivity contribution in [2.75, 3.05) is 65.1 Å². The molecule has 1 aliphatic rings. The van der Waals surface area contributed by atoms with Gasteiger partial charge in [0.05, 0.1) is 20.3 Å². The van der Waals surface area contributed by atoms with Gasteiger partial charge in [-0.3, -0.25) is 14.6 Å². The fraction of sp³-hybridized carbons (Fsp3) is 0.562. The van der Waals surface area contributed by atoms with Crippen molar-refractivity contribution in [3.8, 4) is 11.1 Å². The van der Waals surface area contributed by atoms with E-state index in [-0.39, 0.29) is 5.91 Å². The summed E-state index contributed by atoms with van der Waals surface area (Å²) in [6.07, 6.45) is 5.71. The second-order valence-electron chi connectivity index (χ2n) is 10.5. The highest BCUT2D eigenvalue weighted by molar-refractivity contribution is 7.98. The van der Waals surface area contributed by atoms with Crippen LogP contribution in [0.1, 0.15) is 54.1 Å². The third-order valence-corrected chi connectivity index (χ3v) is 8.16. The molecule has 1 atom stereocenters. The van der Waals surface area contributed by atoms with E-state index in [0.717, 1.165) is 94.2 Å². The minimum absolute atomic E-state index is 0.250. The molecule has 1 heterocycles. The van der Waals surface area contributed by atoms with E-state index in [1.54, 1.807) is 11.8 Å².